The minimum Gasteiger partial charge on any atom is -0.420 e. The zero-order chi connectivity index (χ0) is 18.4. The van der Waals surface area contributed by atoms with E-state index in [0.29, 0.717) is 17.0 Å². The number of nitrogens with zero attached hydrogens (tertiary/aromatic N) is 3. The maximum Gasteiger partial charge on any atom is 0.244 e. The molecular formula is C18H16BrN5O. The van der Waals surface area contributed by atoms with E-state index in [9.17, 15) is 10.5 Å². The van der Waals surface area contributed by atoms with Gasteiger partial charge in [-0.2, -0.15) is 10.5 Å². The minimum atomic E-state index is -0.862. The molecule has 0 saturated carbocycles. The van der Waals surface area contributed by atoms with Crippen LogP contribution in [-0.2, 0) is 5.41 Å². The van der Waals surface area contributed by atoms with Gasteiger partial charge < -0.3 is 10.5 Å². The standard InChI is InChI=1S/C18H16BrN5O/c1-9(2)18(12-4-11(7-20)5-13(19)6-12)14(8-21)16(22)25-17-15(18)10(3)23-24-17/h4-6,9H,22H2,1-3H3,(H,23,24). The predicted octanol–water partition coefficient (Wildman–Crippen LogP) is 3.38. The summed E-state index contributed by atoms with van der Waals surface area (Å²) in [6, 6.07) is 9.83. The van der Waals surface area contributed by atoms with Gasteiger partial charge >= 0.3 is 0 Å². The highest BCUT2D eigenvalue weighted by molar-refractivity contribution is 9.10. The molecule has 25 heavy (non-hydrogen) atoms. The molecule has 0 aliphatic carbocycles. The smallest absolute Gasteiger partial charge is 0.244 e. The first-order valence-corrected chi connectivity index (χ1v) is 8.50. The Bertz CT molecular complexity index is 976. The van der Waals surface area contributed by atoms with Crippen LogP contribution in [0.4, 0.5) is 0 Å². The van der Waals surface area contributed by atoms with Crippen molar-refractivity contribution in [2.24, 2.45) is 11.7 Å². The fourth-order valence-electron chi connectivity index (χ4n) is 3.64. The van der Waals surface area contributed by atoms with E-state index in [1.807, 2.05) is 26.8 Å². The van der Waals surface area contributed by atoms with Gasteiger partial charge in [0.2, 0.25) is 11.8 Å². The van der Waals surface area contributed by atoms with E-state index < -0.39 is 5.41 Å². The third-order valence-corrected chi connectivity index (χ3v) is 5.07. The molecule has 126 valence electrons. The second kappa shape index (κ2) is 5.94. The van der Waals surface area contributed by atoms with Gasteiger partial charge in [0.05, 0.1) is 22.6 Å². The number of H-pyrrole nitrogens is 1. The SMILES string of the molecule is Cc1[nH]nc2c1C(c1cc(Br)cc(C#N)c1)(C(C)C)C(C#N)=C(N)O2. The molecule has 6 nitrogen and oxygen atoms in total. The summed E-state index contributed by atoms with van der Waals surface area (Å²) < 4.78 is 6.34. The number of nitrogens with one attached hydrogen (secondary N) is 1. The molecule has 0 radical (unpaired) electrons. The van der Waals surface area contributed by atoms with Crippen LogP contribution in [0.15, 0.2) is 34.1 Å². The maximum atomic E-state index is 9.88. The van der Waals surface area contributed by atoms with E-state index in [1.165, 1.54) is 0 Å². The quantitative estimate of drug-likeness (QED) is 0.806. The van der Waals surface area contributed by atoms with Crippen LogP contribution in [0.2, 0.25) is 0 Å². The number of benzene rings is 1. The number of rotatable bonds is 2. The van der Waals surface area contributed by atoms with Crippen molar-refractivity contribution in [2.45, 2.75) is 26.2 Å². The highest BCUT2D eigenvalue weighted by atomic mass is 79.9. The Morgan fingerprint density at radius 1 is 1.28 bits per heavy atom. The molecule has 7 heteroatoms. The lowest BCUT2D eigenvalue weighted by Gasteiger charge is -2.41. The topological polar surface area (TPSA) is 112 Å². The summed E-state index contributed by atoms with van der Waals surface area (Å²) in [5.41, 5.74) is 8.39. The molecule has 3 rings (SSSR count). The number of hydrogen-bond acceptors (Lipinski definition) is 5. The number of nitrogens with two attached hydrogens (primary N) is 1. The van der Waals surface area contributed by atoms with Crippen molar-refractivity contribution in [2.75, 3.05) is 0 Å². The molecule has 0 spiro atoms. The van der Waals surface area contributed by atoms with Crippen LogP contribution in [0.25, 0.3) is 0 Å². The number of allylic oxidation sites excluding steroid dienone is 1. The molecule has 2 aromatic rings. The predicted molar refractivity (Wildman–Crippen MR) is 95.3 cm³/mol. The van der Waals surface area contributed by atoms with Crippen LogP contribution in [0.1, 0.15) is 36.2 Å². The molecule has 0 fully saturated rings. The number of halogens is 1. The Morgan fingerprint density at radius 2 is 2.00 bits per heavy atom. The first-order chi connectivity index (χ1) is 11.9. The van der Waals surface area contributed by atoms with Crippen LogP contribution < -0.4 is 10.5 Å². The van der Waals surface area contributed by atoms with E-state index in [2.05, 4.69) is 38.3 Å². The van der Waals surface area contributed by atoms with Crippen molar-refractivity contribution in [3.8, 4) is 18.0 Å². The Kier molecular flexibility index (Phi) is 4.06. The van der Waals surface area contributed by atoms with E-state index in [0.717, 1.165) is 21.3 Å². The van der Waals surface area contributed by atoms with Gasteiger partial charge in [-0.15, -0.1) is 5.10 Å². The van der Waals surface area contributed by atoms with Crippen molar-refractivity contribution in [3.05, 3.63) is 56.5 Å². The molecule has 1 atom stereocenters. The molecule has 1 aliphatic rings. The van der Waals surface area contributed by atoms with Crippen molar-refractivity contribution >= 4 is 15.9 Å². The Labute approximate surface area is 154 Å². The highest BCUT2D eigenvalue weighted by Crippen LogP contribution is 2.52. The molecule has 1 aromatic carbocycles. The molecule has 1 aromatic heterocycles. The first kappa shape index (κ1) is 17.1. The number of aromatic nitrogens is 2. The maximum absolute atomic E-state index is 9.88. The summed E-state index contributed by atoms with van der Waals surface area (Å²) >= 11 is 3.46. The second-order valence-electron chi connectivity index (χ2n) is 6.28. The van der Waals surface area contributed by atoms with E-state index in [-0.39, 0.29) is 11.8 Å². The first-order valence-electron chi connectivity index (χ1n) is 7.71. The Morgan fingerprint density at radius 3 is 2.60 bits per heavy atom. The van der Waals surface area contributed by atoms with Crippen LogP contribution >= 0.6 is 15.9 Å². The van der Waals surface area contributed by atoms with Gasteiger partial charge in [0.1, 0.15) is 11.6 Å². The third-order valence-electron chi connectivity index (χ3n) is 4.62. The molecule has 0 bridgehead atoms. The van der Waals surface area contributed by atoms with Gasteiger partial charge in [-0.05, 0) is 36.6 Å². The minimum absolute atomic E-state index is 0.0358. The number of nitriles is 2. The van der Waals surface area contributed by atoms with E-state index in [4.69, 9.17) is 10.5 Å². The van der Waals surface area contributed by atoms with Crippen molar-refractivity contribution in [3.63, 3.8) is 0 Å². The lowest BCUT2D eigenvalue weighted by atomic mass is 9.61. The Balaban J connectivity index is 2.49. The normalized spacial score (nSPS) is 19.2. The second-order valence-corrected chi connectivity index (χ2v) is 7.20. The summed E-state index contributed by atoms with van der Waals surface area (Å²) in [6.07, 6.45) is 0. The molecule has 2 heterocycles. The van der Waals surface area contributed by atoms with Gasteiger partial charge in [-0.3, -0.25) is 5.10 Å². The van der Waals surface area contributed by atoms with Crippen molar-refractivity contribution in [1.29, 1.82) is 10.5 Å². The number of fused-ring (bicyclic) bond motifs is 1. The zero-order valence-electron chi connectivity index (χ0n) is 14.0. The largest absolute Gasteiger partial charge is 0.420 e. The van der Waals surface area contributed by atoms with Crippen molar-refractivity contribution < 1.29 is 4.74 Å². The third kappa shape index (κ3) is 2.32. The van der Waals surface area contributed by atoms with Crippen LogP contribution in [0.5, 0.6) is 5.88 Å². The number of aryl methyl sites for hydroxylation is 1. The van der Waals surface area contributed by atoms with Crippen molar-refractivity contribution in [1.82, 2.24) is 10.2 Å². The lowest BCUT2D eigenvalue weighted by Crippen LogP contribution is -2.41. The summed E-state index contributed by atoms with van der Waals surface area (Å²) in [4.78, 5) is 0. The number of ether oxygens (including phenoxy) is 1. The van der Waals surface area contributed by atoms with Gasteiger partial charge in [0, 0.05) is 10.2 Å². The highest BCUT2D eigenvalue weighted by Gasteiger charge is 2.50. The van der Waals surface area contributed by atoms with Crippen LogP contribution in [0, 0.1) is 35.5 Å². The van der Waals surface area contributed by atoms with Gasteiger partial charge in [0.25, 0.3) is 0 Å². The molecule has 3 N–H and O–H groups in total. The summed E-state index contributed by atoms with van der Waals surface area (Å²) in [5, 5.41) is 26.4. The molecule has 0 saturated heterocycles. The average molecular weight is 398 g/mol. The van der Waals surface area contributed by atoms with Crippen LogP contribution in [0.3, 0.4) is 0 Å². The average Bonchev–Trinajstić information content (AvgIpc) is 2.93. The van der Waals surface area contributed by atoms with Gasteiger partial charge in [0.15, 0.2) is 0 Å². The molecule has 0 amide bonds. The van der Waals surface area contributed by atoms with Gasteiger partial charge in [-0.25, -0.2) is 0 Å². The zero-order valence-corrected chi connectivity index (χ0v) is 15.6. The molecule has 1 unspecified atom stereocenters. The van der Waals surface area contributed by atoms with Gasteiger partial charge in [-0.1, -0.05) is 29.8 Å². The molecule has 1 aliphatic heterocycles. The summed E-state index contributed by atoms with van der Waals surface area (Å²) in [5.74, 6) is 0.357. The number of hydrogen-bond donors (Lipinski definition) is 2. The fourth-order valence-corrected chi connectivity index (χ4v) is 4.14. The summed E-state index contributed by atoms with van der Waals surface area (Å²) in [6.45, 7) is 5.91. The fraction of sp³-hybridized carbons (Fsp3) is 0.278. The van der Waals surface area contributed by atoms with E-state index >= 15 is 0 Å². The van der Waals surface area contributed by atoms with E-state index in [1.54, 1.807) is 12.1 Å². The monoisotopic (exact) mass is 397 g/mol. The lowest BCUT2D eigenvalue weighted by molar-refractivity contribution is 0.323. The molecular weight excluding hydrogens is 382 g/mol. The van der Waals surface area contributed by atoms with Crippen LogP contribution in [-0.4, -0.2) is 10.2 Å². The summed E-state index contributed by atoms with van der Waals surface area (Å²) in [7, 11) is 0. The number of aromatic amines is 1. The Hall–Kier alpha value is -2.77.